The number of carbonyl (C=O) groups excluding carboxylic acids is 1. The maximum absolute atomic E-state index is 13.3. The van der Waals surface area contributed by atoms with Crippen molar-refractivity contribution in [3.8, 4) is 22.7 Å². The monoisotopic (exact) mass is 559 g/mol. The molecule has 202 valence electrons. The third-order valence-corrected chi connectivity index (χ3v) is 6.95. The molecule has 0 bridgehead atoms. The Morgan fingerprint density at radius 2 is 1.82 bits per heavy atom. The lowest BCUT2D eigenvalue weighted by Crippen LogP contribution is -2.45. The van der Waals surface area contributed by atoms with Gasteiger partial charge in [-0.25, -0.2) is 14.5 Å². The lowest BCUT2D eigenvalue weighted by molar-refractivity contribution is 0.0743. The number of benzene rings is 2. The number of carboxylic acid groups (broad SMARTS) is 1. The van der Waals surface area contributed by atoms with E-state index in [0.717, 1.165) is 43.6 Å². The van der Waals surface area contributed by atoms with Crippen molar-refractivity contribution in [1.82, 2.24) is 25.5 Å². The largest absolute Gasteiger partial charge is 0.494 e. The van der Waals surface area contributed by atoms with Crippen molar-refractivity contribution < 1.29 is 19.4 Å². The van der Waals surface area contributed by atoms with E-state index in [1.807, 2.05) is 36.2 Å². The summed E-state index contributed by atoms with van der Waals surface area (Å²) in [7, 11) is 0. The van der Waals surface area contributed by atoms with Crippen molar-refractivity contribution in [3.05, 3.63) is 63.8 Å². The first kappa shape index (κ1) is 27.8. The van der Waals surface area contributed by atoms with E-state index in [9.17, 15) is 9.59 Å². The van der Waals surface area contributed by atoms with Crippen LogP contribution in [0.15, 0.2) is 42.5 Å². The second-order valence-corrected chi connectivity index (χ2v) is 10.2. The van der Waals surface area contributed by atoms with Gasteiger partial charge in [0.15, 0.2) is 5.69 Å². The van der Waals surface area contributed by atoms with Crippen LogP contribution in [0.5, 0.6) is 5.75 Å². The molecule has 2 heterocycles. The van der Waals surface area contributed by atoms with Gasteiger partial charge in [-0.05, 0) is 69.2 Å². The molecule has 1 aliphatic rings. The van der Waals surface area contributed by atoms with Gasteiger partial charge in [-0.2, -0.15) is 5.10 Å². The molecule has 0 radical (unpaired) electrons. The molecule has 1 aromatic heterocycles. The van der Waals surface area contributed by atoms with Crippen LogP contribution in [0, 0.1) is 6.92 Å². The summed E-state index contributed by atoms with van der Waals surface area (Å²) in [5.41, 5.74) is 6.19. The first-order valence-electron chi connectivity index (χ1n) is 12.6. The van der Waals surface area contributed by atoms with Crippen LogP contribution >= 0.6 is 23.2 Å². The fraction of sp³-hybridized carbons (Fsp3) is 0.370. The second kappa shape index (κ2) is 12.5. The number of rotatable bonds is 9. The number of nitrogens with zero attached hydrogens (tertiary/aromatic N) is 3. The van der Waals surface area contributed by atoms with E-state index in [2.05, 4.69) is 10.7 Å². The van der Waals surface area contributed by atoms with Crippen LogP contribution in [0.25, 0.3) is 16.9 Å². The van der Waals surface area contributed by atoms with Gasteiger partial charge in [0.05, 0.1) is 23.0 Å². The maximum Gasteiger partial charge on any atom is 0.404 e. The maximum atomic E-state index is 13.3. The molecule has 0 saturated carbocycles. The van der Waals surface area contributed by atoms with E-state index in [4.69, 9.17) is 38.1 Å². The van der Waals surface area contributed by atoms with Crippen LogP contribution in [0.3, 0.4) is 0 Å². The Balaban J connectivity index is 1.61. The van der Waals surface area contributed by atoms with E-state index < -0.39 is 6.09 Å². The van der Waals surface area contributed by atoms with Crippen molar-refractivity contribution in [2.24, 2.45) is 0 Å². The zero-order valence-corrected chi connectivity index (χ0v) is 22.8. The summed E-state index contributed by atoms with van der Waals surface area (Å²) in [6, 6.07) is 12.4. The van der Waals surface area contributed by atoms with E-state index >= 15 is 0 Å². The highest BCUT2D eigenvalue weighted by molar-refractivity contribution is 6.35. The number of nitrogens with one attached hydrogen (secondary N) is 2. The highest BCUT2D eigenvalue weighted by Gasteiger charge is 2.25. The number of hydrogen-bond donors (Lipinski definition) is 3. The molecule has 2 amide bonds. The van der Waals surface area contributed by atoms with Gasteiger partial charge in [0, 0.05) is 41.7 Å². The summed E-state index contributed by atoms with van der Waals surface area (Å²) in [6.07, 6.45) is 2.73. The van der Waals surface area contributed by atoms with Crippen LogP contribution in [-0.4, -0.2) is 57.6 Å². The van der Waals surface area contributed by atoms with Crippen molar-refractivity contribution in [3.63, 3.8) is 0 Å². The molecule has 9 nitrogen and oxygen atoms in total. The summed E-state index contributed by atoms with van der Waals surface area (Å²) < 4.78 is 7.47. The van der Waals surface area contributed by atoms with E-state index in [-0.39, 0.29) is 11.9 Å². The average molecular weight is 560 g/mol. The third-order valence-electron chi connectivity index (χ3n) is 6.41. The standard InChI is InChI=1S/C27H31Cl2N5O4/c1-17(30-27(36)37)12-15-38-21-9-6-19(7-10-21)25-18(2)24(26(35)32-33-13-4-3-5-14-33)31-34(25)23-11-8-20(28)16-22(23)29/h6-11,16-17,30H,3-5,12-15H2,1-2H3,(H,32,35)(H,36,37). The van der Waals surface area contributed by atoms with Gasteiger partial charge in [-0.1, -0.05) is 29.6 Å². The predicted molar refractivity (Wildman–Crippen MR) is 147 cm³/mol. The number of halogens is 2. The zero-order valence-electron chi connectivity index (χ0n) is 21.3. The topological polar surface area (TPSA) is 109 Å². The minimum Gasteiger partial charge on any atom is -0.494 e. The van der Waals surface area contributed by atoms with Crippen molar-refractivity contribution in [1.29, 1.82) is 0 Å². The van der Waals surface area contributed by atoms with Crippen LogP contribution in [0.2, 0.25) is 10.0 Å². The van der Waals surface area contributed by atoms with Crippen LogP contribution in [0.1, 0.15) is 48.7 Å². The first-order chi connectivity index (χ1) is 18.2. The van der Waals surface area contributed by atoms with Gasteiger partial charge in [0.1, 0.15) is 5.75 Å². The molecule has 1 atom stereocenters. The molecule has 3 N–H and O–H groups in total. The van der Waals surface area contributed by atoms with Gasteiger partial charge in [-0.3, -0.25) is 10.2 Å². The van der Waals surface area contributed by atoms with Crippen LogP contribution in [-0.2, 0) is 0 Å². The van der Waals surface area contributed by atoms with Gasteiger partial charge >= 0.3 is 6.09 Å². The fourth-order valence-electron chi connectivity index (χ4n) is 4.43. The van der Waals surface area contributed by atoms with Crippen molar-refractivity contribution in [2.45, 2.75) is 45.6 Å². The third kappa shape index (κ3) is 6.78. The quantitative estimate of drug-likeness (QED) is 0.310. The highest BCUT2D eigenvalue weighted by atomic mass is 35.5. The fourth-order valence-corrected chi connectivity index (χ4v) is 4.91. The number of piperidine rings is 1. The molecule has 1 saturated heterocycles. The Morgan fingerprint density at radius 1 is 1.11 bits per heavy atom. The zero-order chi connectivity index (χ0) is 27.2. The Morgan fingerprint density at radius 3 is 2.47 bits per heavy atom. The smallest absolute Gasteiger partial charge is 0.404 e. The van der Waals surface area contributed by atoms with Gasteiger partial charge in [0.2, 0.25) is 0 Å². The summed E-state index contributed by atoms with van der Waals surface area (Å²) in [4.78, 5) is 24.0. The summed E-state index contributed by atoms with van der Waals surface area (Å²) >= 11 is 12.7. The molecular formula is C27H31Cl2N5O4. The van der Waals surface area contributed by atoms with Crippen molar-refractivity contribution in [2.75, 3.05) is 19.7 Å². The number of ether oxygens (including phenoxy) is 1. The Kier molecular flexibility index (Phi) is 9.14. The van der Waals surface area contributed by atoms with Gasteiger partial charge in [0.25, 0.3) is 5.91 Å². The van der Waals surface area contributed by atoms with Gasteiger partial charge in [-0.15, -0.1) is 0 Å². The number of hydrogen-bond acceptors (Lipinski definition) is 5. The molecule has 1 fully saturated rings. The SMILES string of the molecule is Cc1c(C(=O)NN2CCCCC2)nn(-c2ccc(Cl)cc2Cl)c1-c1ccc(OCCC(C)NC(=O)O)cc1. The molecular weight excluding hydrogens is 529 g/mol. The molecule has 38 heavy (non-hydrogen) atoms. The summed E-state index contributed by atoms with van der Waals surface area (Å²) in [5, 5.41) is 18.8. The molecule has 0 spiro atoms. The predicted octanol–water partition coefficient (Wildman–Crippen LogP) is 5.71. The number of amides is 2. The molecule has 3 aromatic rings. The number of hydrazine groups is 1. The molecule has 1 unspecified atom stereocenters. The Bertz CT molecular complexity index is 1290. The number of carbonyl (C=O) groups is 2. The Hall–Kier alpha value is -3.27. The lowest BCUT2D eigenvalue weighted by atomic mass is 10.1. The Labute approximate surface area is 231 Å². The molecule has 1 aliphatic heterocycles. The van der Waals surface area contributed by atoms with Crippen LogP contribution in [0.4, 0.5) is 4.79 Å². The second-order valence-electron chi connectivity index (χ2n) is 9.33. The molecule has 11 heteroatoms. The minimum atomic E-state index is -1.06. The van der Waals surface area contributed by atoms with Crippen LogP contribution < -0.4 is 15.5 Å². The lowest BCUT2D eigenvalue weighted by Gasteiger charge is -2.26. The highest BCUT2D eigenvalue weighted by Crippen LogP contribution is 2.33. The van der Waals surface area contributed by atoms with E-state index in [1.54, 1.807) is 29.8 Å². The molecule has 4 rings (SSSR count). The number of aromatic nitrogens is 2. The van der Waals surface area contributed by atoms with Gasteiger partial charge < -0.3 is 15.2 Å². The first-order valence-corrected chi connectivity index (χ1v) is 13.3. The summed E-state index contributed by atoms with van der Waals surface area (Å²) in [6.45, 7) is 5.64. The molecule has 0 aliphatic carbocycles. The molecule has 2 aromatic carbocycles. The normalized spacial score (nSPS) is 14.6. The van der Waals surface area contributed by atoms with Crippen molar-refractivity contribution >= 4 is 35.2 Å². The average Bonchev–Trinajstić information content (AvgIpc) is 3.21. The van der Waals surface area contributed by atoms with E-state index in [1.165, 1.54) is 0 Å². The minimum absolute atomic E-state index is 0.220. The summed E-state index contributed by atoms with van der Waals surface area (Å²) in [5.74, 6) is 0.381. The van der Waals surface area contributed by atoms with E-state index in [0.29, 0.717) is 45.8 Å².